The molecule has 1 N–H and O–H groups in total. The second kappa shape index (κ2) is 7.61. The maximum Gasteiger partial charge on any atom is 0.292 e. The van der Waals surface area contributed by atoms with Crippen LogP contribution in [-0.2, 0) is 16.1 Å². The molecule has 1 aliphatic rings. The molecule has 1 aromatic carbocycles. The van der Waals surface area contributed by atoms with E-state index < -0.39 is 11.5 Å². The number of anilines is 2. The minimum absolute atomic E-state index is 0.124. The van der Waals surface area contributed by atoms with Gasteiger partial charge in [0.05, 0.1) is 24.0 Å². The Hall–Kier alpha value is -2.81. The summed E-state index contributed by atoms with van der Waals surface area (Å²) in [4.78, 5) is 39.1. The summed E-state index contributed by atoms with van der Waals surface area (Å²) >= 11 is 1.28. The van der Waals surface area contributed by atoms with Crippen LogP contribution in [0.3, 0.4) is 0 Å². The molecule has 1 aliphatic heterocycles. The topological polar surface area (TPSA) is 93.5 Å². The van der Waals surface area contributed by atoms with Crippen molar-refractivity contribution in [1.82, 2.24) is 9.78 Å². The predicted octanol–water partition coefficient (Wildman–Crippen LogP) is 1.35. The molecule has 0 spiro atoms. The summed E-state index contributed by atoms with van der Waals surface area (Å²) in [5.74, 6) is 0.370. The first kappa shape index (κ1) is 18.0. The van der Waals surface area contributed by atoms with E-state index in [4.69, 9.17) is 4.74 Å². The van der Waals surface area contributed by atoms with E-state index >= 15 is 0 Å². The maximum absolute atomic E-state index is 12.7. The van der Waals surface area contributed by atoms with Crippen LogP contribution < -0.4 is 20.5 Å². The zero-order chi connectivity index (χ0) is 18.7. The summed E-state index contributed by atoms with van der Waals surface area (Å²) in [5.41, 5.74) is 0.393. The van der Waals surface area contributed by atoms with E-state index in [1.165, 1.54) is 30.0 Å². The average molecular weight is 374 g/mol. The van der Waals surface area contributed by atoms with Gasteiger partial charge in [0.1, 0.15) is 18.0 Å². The molecular formula is C17H18N4O4S. The molecule has 0 atom stereocenters. The third-order valence-electron chi connectivity index (χ3n) is 3.87. The van der Waals surface area contributed by atoms with Crippen LogP contribution in [0.4, 0.5) is 11.4 Å². The van der Waals surface area contributed by atoms with Crippen molar-refractivity contribution in [1.29, 1.82) is 0 Å². The Morgan fingerprint density at radius 2 is 2.19 bits per heavy atom. The number of carbonyl (C=O) groups is 2. The van der Waals surface area contributed by atoms with Crippen molar-refractivity contribution >= 4 is 35.0 Å². The Bertz CT molecular complexity index is 912. The van der Waals surface area contributed by atoms with Gasteiger partial charge in [0, 0.05) is 18.3 Å². The van der Waals surface area contributed by atoms with Gasteiger partial charge < -0.3 is 15.0 Å². The number of carbonyl (C=O) groups excluding carboxylic acids is 2. The molecule has 0 saturated carbocycles. The van der Waals surface area contributed by atoms with Crippen LogP contribution in [0, 0.1) is 0 Å². The number of amides is 2. The quantitative estimate of drug-likeness (QED) is 0.849. The summed E-state index contributed by atoms with van der Waals surface area (Å²) in [6.07, 6.45) is 1.52. The molecule has 1 aromatic heterocycles. The van der Waals surface area contributed by atoms with Gasteiger partial charge in [-0.05, 0) is 19.1 Å². The van der Waals surface area contributed by atoms with E-state index in [2.05, 4.69) is 10.4 Å². The van der Waals surface area contributed by atoms with E-state index in [-0.39, 0.29) is 23.9 Å². The van der Waals surface area contributed by atoms with E-state index in [1.54, 1.807) is 31.2 Å². The number of hydrogen-bond acceptors (Lipinski definition) is 6. The van der Waals surface area contributed by atoms with E-state index in [0.29, 0.717) is 22.9 Å². The molecule has 0 aliphatic carbocycles. The fraction of sp³-hybridized carbons (Fsp3) is 0.294. The van der Waals surface area contributed by atoms with Crippen molar-refractivity contribution in [3.63, 3.8) is 0 Å². The minimum Gasteiger partial charge on any atom is -0.497 e. The van der Waals surface area contributed by atoms with Crippen LogP contribution in [0.1, 0.15) is 6.92 Å². The molecule has 0 unspecified atom stereocenters. The zero-order valence-corrected chi connectivity index (χ0v) is 15.2. The Kier molecular flexibility index (Phi) is 5.27. The van der Waals surface area contributed by atoms with Crippen molar-refractivity contribution in [2.75, 3.05) is 29.6 Å². The third-order valence-corrected chi connectivity index (χ3v) is 4.87. The van der Waals surface area contributed by atoms with Crippen LogP contribution in [0.15, 0.2) is 40.2 Å². The van der Waals surface area contributed by atoms with Gasteiger partial charge in [0.2, 0.25) is 11.8 Å². The van der Waals surface area contributed by atoms with E-state index in [1.807, 2.05) is 0 Å². The Labute approximate surface area is 154 Å². The monoisotopic (exact) mass is 374 g/mol. The largest absolute Gasteiger partial charge is 0.497 e. The van der Waals surface area contributed by atoms with Gasteiger partial charge in [-0.2, -0.15) is 5.10 Å². The number of rotatable bonds is 5. The summed E-state index contributed by atoms with van der Waals surface area (Å²) in [5, 5.41) is 6.76. The van der Waals surface area contributed by atoms with Crippen molar-refractivity contribution in [3.8, 4) is 5.75 Å². The summed E-state index contributed by atoms with van der Waals surface area (Å²) in [7, 11) is 1.54. The maximum atomic E-state index is 12.7. The molecule has 8 nitrogen and oxygen atoms in total. The van der Waals surface area contributed by atoms with Gasteiger partial charge in [-0.25, -0.2) is 4.68 Å². The first-order valence-electron chi connectivity index (χ1n) is 8.00. The number of ether oxygens (including phenoxy) is 1. The second-order valence-corrected chi connectivity index (χ2v) is 6.54. The lowest BCUT2D eigenvalue weighted by atomic mass is 10.3. The first-order chi connectivity index (χ1) is 12.5. The highest BCUT2D eigenvalue weighted by Crippen LogP contribution is 2.31. The molecule has 3 rings (SSSR count). The molecular weight excluding hydrogens is 356 g/mol. The molecule has 2 heterocycles. The van der Waals surface area contributed by atoms with E-state index in [9.17, 15) is 14.4 Å². The lowest BCUT2D eigenvalue weighted by molar-refractivity contribution is -0.117. The fourth-order valence-electron chi connectivity index (χ4n) is 2.64. The molecule has 2 amide bonds. The summed E-state index contributed by atoms with van der Waals surface area (Å²) in [6.45, 7) is 1.94. The number of hydrogen-bond donors (Lipinski definition) is 1. The van der Waals surface area contributed by atoms with Crippen molar-refractivity contribution in [3.05, 3.63) is 40.8 Å². The van der Waals surface area contributed by atoms with Gasteiger partial charge >= 0.3 is 0 Å². The number of methoxy groups -OCH3 is 1. The van der Waals surface area contributed by atoms with E-state index in [0.717, 1.165) is 4.68 Å². The normalized spacial score (nSPS) is 13.3. The van der Waals surface area contributed by atoms with Gasteiger partial charge in [0.15, 0.2) is 0 Å². The molecule has 9 heteroatoms. The number of nitrogens with one attached hydrogen (secondary N) is 1. The van der Waals surface area contributed by atoms with Crippen LogP contribution in [0.5, 0.6) is 5.75 Å². The predicted molar refractivity (Wildman–Crippen MR) is 98.9 cm³/mol. The van der Waals surface area contributed by atoms with Gasteiger partial charge in [-0.3, -0.25) is 14.4 Å². The third kappa shape index (κ3) is 3.57. The van der Waals surface area contributed by atoms with Crippen molar-refractivity contribution in [2.45, 2.75) is 18.4 Å². The number of nitrogens with zero attached hydrogens (tertiary/aromatic N) is 3. The highest BCUT2D eigenvalue weighted by molar-refractivity contribution is 8.00. The van der Waals surface area contributed by atoms with Crippen LogP contribution in [0.2, 0.25) is 0 Å². The number of aromatic nitrogens is 2. The average Bonchev–Trinajstić information content (AvgIpc) is 2.64. The smallest absolute Gasteiger partial charge is 0.292 e. The number of thioether (sulfide) groups is 1. The minimum atomic E-state index is -0.453. The highest BCUT2D eigenvalue weighted by atomic mass is 32.2. The Balaban J connectivity index is 1.82. The number of benzene rings is 1. The molecule has 0 bridgehead atoms. The molecule has 0 fully saturated rings. The molecule has 136 valence electrons. The van der Waals surface area contributed by atoms with Crippen LogP contribution in [-0.4, -0.2) is 41.0 Å². The Morgan fingerprint density at radius 1 is 1.38 bits per heavy atom. The van der Waals surface area contributed by atoms with Gasteiger partial charge in [0.25, 0.3) is 5.56 Å². The van der Waals surface area contributed by atoms with Gasteiger partial charge in [-0.1, -0.05) is 6.07 Å². The van der Waals surface area contributed by atoms with Crippen molar-refractivity contribution in [2.24, 2.45) is 0 Å². The second-order valence-electron chi connectivity index (χ2n) is 5.53. The standard InChI is InChI=1S/C17H18N4O4S/c1-3-20-15(23)10-26-13-8-18-21(17(24)16(13)20)9-14(22)19-11-5-4-6-12(7-11)25-2/h4-8H,3,9-10H2,1-2H3,(H,19,22). The van der Waals surface area contributed by atoms with Gasteiger partial charge in [-0.15, -0.1) is 11.8 Å². The zero-order valence-electron chi connectivity index (χ0n) is 14.4. The lowest BCUT2D eigenvalue weighted by Gasteiger charge is -2.26. The molecule has 2 aromatic rings. The fourth-order valence-corrected chi connectivity index (χ4v) is 3.53. The highest BCUT2D eigenvalue weighted by Gasteiger charge is 2.28. The van der Waals surface area contributed by atoms with Crippen LogP contribution >= 0.6 is 11.8 Å². The molecule has 0 saturated heterocycles. The summed E-state index contributed by atoms with van der Waals surface area (Å²) < 4.78 is 6.18. The lowest BCUT2D eigenvalue weighted by Crippen LogP contribution is -2.42. The van der Waals surface area contributed by atoms with Crippen molar-refractivity contribution < 1.29 is 14.3 Å². The SMILES string of the molecule is CCN1C(=O)CSc2cnn(CC(=O)Nc3cccc(OC)c3)c(=O)c21. The first-order valence-corrected chi connectivity index (χ1v) is 8.99. The van der Waals surface area contributed by atoms with Crippen LogP contribution in [0.25, 0.3) is 0 Å². The summed E-state index contributed by atoms with van der Waals surface area (Å²) in [6, 6.07) is 6.91. The molecule has 0 radical (unpaired) electrons. The number of fused-ring (bicyclic) bond motifs is 1. The Morgan fingerprint density at radius 3 is 2.92 bits per heavy atom. The molecule has 26 heavy (non-hydrogen) atoms.